The number of ether oxygens (including phenoxy) is 3. The number of carbonyl (C=O) groups is 1. The van der Waals surface area contributed by atoms with Gasteiger partial charge in [0.15, 0.2) is 6.10 Å². The zero-order chi connectivity index (χ0) is 10.2. The lowest BCUT2D eigenvalue weighted by Crippen LogP contribution is -2.37. The Kier molecular flexibility index (Phi) is 2.49. The molecule has 0 amide bonds. The van der Waals surface area contributed by atoms with Crippen molar-refractivity contribution in [2.24, 2.45) is 5.92 Å². The fourth-order valence-corrected chi connectivity index (χ4v) is 2.09. The van der Waals surface area contributed by atoms with Crippen molar-refractivity contribution in [3.05, 3.63) is 0 Å². The van der Waals surface area contributed by atoms with E-state index in [0.29, 0.717) is 19.8 Å². The minimum Gasteiger partial charge on any atom is -0.464 e. The zero-order valence-corrected chi connectivity index (χ0v) is 8.62. The van der Waals surface area contributed by atoms with E-state index >= 15 is 0 Å². The van der Waals surface area contributed by atoms with Crippen LogP contribution in [-0.4, -0.2) is 37.5 Å². The number of hydrogen-bond donors (Lipinski definition) is 0. The highest BCUT2D eigenvalue weighted by Gasteiger charge is 2.65. The summed E-state index contributed by atoms with van der Waals surface area (Å²) in [5, 5.41) is 0. The van der Waals surface area contributed by atoms with E-state index in [-0.39, 0.29) is 23.6 Å². The third kappa shape index (κ3) is 1.42. The topological polar surface area (TPSA) is 48.1 Å². The van der Waals surface area contributed by atoms with Gasteiger partial charge in [-0.2, -0.15) is 0 Å². The molecule has 3 unspecified atom stereocenters. The second kappa shape index (κ2) is 3.51. The molecular formula is C10H16O4. The molecule has 0 aromatic rings. The van der Waals surface area contributed by atoms with E-state index in [1.807, 2.05) is 0 Å². The van der Waals surface area contributed by atoms with Crippen molar-refractivity contribution >= 4 is 5.97 Å². The number of hydrogen-bond acceptors (Lipinski definition) is 4. The van der Waals surface area contributed by atoms with Crippen molar-refractivity contribution in [1.29, 1.82) is 0 Å². The number of carbonyl (C=O) groups excluding carboxylic acids is 1. The average Bonchev–Trinajstić information content (AvgIpc) is 2.87. The van der Waals surface area contributed by atoms with Gasteiger partial charge < -0.3 is 14.2 Å². The van der Waals surface area contributed by atoms with Gasteiger partial charge in [0.05, 0.1) is 13.2 Å². The van der Waals surface area contributed by atoms with Gasteiger partial charge in [0.1, 0.15) is 5.60 Å². The van der Waals surface area contributed by atoms with Gasteiger partial charge in [-0.1, -0.05) is 6.92 Å². The van der Waals surface area contributed by atoms with Gasteiger partial charge >= 0.3 is 5.97 Å². The highest BCUT2D eigenvalue weighted by Crippen LogP contribution is 2.48. The predicted octanol–water partition coefficient (Wildman–Crippen LogP) is 0.744. The Morgan fingerprint density at radius 3 is 3.07 bits per heavy atom. The summed E-state index contributed by atoms with van der Waals surface area (Å²) in [6, 6.07) is 0. The molecule has 4 heteroatoms. The molecule has 0 aromatic heterocycles. The highest BCUT2D eigenvalue weighted by molar-refractivity contribution is 5.79. The van der Waals surface area contributed by atoms with E-state index in [1.54, 1.807) is 6.92 Å². The maximum atomic E-state index is 11.4. The number of rotatable bonds is 2. The van der Waals surface area contributed by atoms with Crippen LogP contribution in [0.4, 0.5) is 0 Å². The first-order valence-corrected chi connectivity index (χ1v) is 5.13. The second-order valence-corrected chi connectivity index (χ2v) is 3.93. The molecule has 0 aromatic carbocycles. The van der Waals surface area contributed by atoms with Crippen molar-refractivity contribution in [1.82, 2.24) is 0 Å². The van der Waals surface area contributed by atoms with Crippen LogP contribution < -0.4 is 0 Å². The summed E-state index contributed by atoms with van der Waals surface area (Å²) in [6.07, 6.45) is 0.457. The van der Waals surface area contributed by atoms with Crippen LogP contribution in [0.1, 0.15) is 20.3 Å². The van der Waals surface area contributed by atoms with E-state index in [2.05, 4.69) is 6.92 Å². The van der Waals surface area contributed by atoms with Crippen molar-refractivity contribution in [3.63, 3.8) is 0 Å². The lowest BCUT2D eigenvalue weighted by molar-refractivity contribution is -0.144. The van der Waals surface area contributed by atoms with Gasteiger partial charge in [-0.15, -0.1) is 0 Å². The summed E-state index contributed by atoms with van der Waals surface area (Å²) in [7, 11) is 0. The van der Waals surface area contributed by atoms with Crippen LogP contribution in [0, 0.1) is 5.92 Å². The average molecular weight is 200 g/mol. The Bertz CT molecular complexity index is 240. The van der Waals surface area contributed by atoms with Crippen molar-refractivity contribution < 1.29 is 19.0 Å². The maximum Gasteiger partial charge on any atom is 0.338 e. The quantitative estimate of drug-likeness (QED) is 0.487. The normalized spacial score (nSPS) is 41.0. The summed E-state index contributed by atoms with van der Waals surface area (Å²) >= 11 is 0. The van der Waals surface area contributed by atoms with Crippen LogP contribution in [0.5, 0.6) is 0 Å². The summed E-state index contributed by atoms with van der Waals surface area (Å²) in [5.74, 6) is 0.0620. The van der Waals surface area contributed by atoms with Crippen LogP contribution in [0.2, 0.25) is 0 Å². The zero-order valence-electron chi connectivity index (χ0n) is 8.62. The predicted molar refractivity (Wildman–Crippen MR) is 48.8 cm³/mol. The van der Waals surface area contributed by atoms with Gasteiger partial charge in [-0.05, 0) is 6.92 Å². The van der Waals surface area contributed by atoms with Crippen LogP contribution >= 0.6 is 0 Å². The molecule has 1 spiro atoms. The minimum absolute atomic E-state index is 0.221. The van der Waals surface area contributed by atoms with Crippen LogP contribution in [-0.2, 0) is 19.0 Å². The molecule has 0 aliphatic carbocycles. The van der Waals surface area contributed by atoms with E-state index in [4.69, 9.17) is 14.2 Å². The molecule has 2 saturated heterocycles. The minimum atomic E-state index is -0.346. The van der Waals surface area contributed by atoms with Crippen molar-refractivity contribution in [3.8, 4) is 0 Å². The lowest BCUT2D eigenvalue weighted by Gasteiger charge is -2.26. The van der Waals surface area contributed by atoms with Crippen LogP contribution in [0.25, 0.3) is 0 Å². The first-order chi connectivity index (χ1) is 6.70. The SMILES string of the molecule is CCOC(=O)C1OC12CCOCC2C. The molecule has 2 fully saturated rings. The second-order valence-electron chi connectivity index (χ2n) is 3.93. The fourth-order valence-electron chi connectivity index (χ4n) is 2.09. The van der Waals surface area contributed by atoms with Gasteiger partial charge in [0.2, 0.25) is 0 Å². The lowest BCUT2D eigenvalue weighted by atomic mass is 9.86. The molecule has 4 nitrogen and oxygen atoms in total. The summed E-state index contributed by atoms with van der Waals surface area (Å²) in [4.78, 5) is 11.4. The first kappa shape index (κ1) is 9.93. The van der Waals surface area contributed by atoms with Gasteiger partial charge in [0.25, 0.3) is 0 Å². The van der Waals surface area contributed by atoms with Gasteiger partial charge in [-0.25, -0.2) is 4.79 Å². The molecule has 80 valence electrons. The highest BCUT2D eigenvalue weighted by atomic mass is 16.7. The molecule has 2 rings (SSSR count). The molecule has 2 heterocycles. The molecule has 0 bridgehead atoms. The van der Waals surface area contributed by atoms with Crippen LogP contribution in [0.3, 0.4) is 0 Å². The molecule has 0 radical (unpaired) electrons. The molecule has 2 aliphatic rings. The summed E-state index contributed by atoms with van der Waals surface area (Å²) < 4.78 is 15.8. The van der Waals surface area contributed by atoms with E-state index < -0.39 is 0 Å². The molecule has 2 aliphatic heterocycles. The van der Waals surface area contributed by atoms with Crippen LogP contribution in [0.15, 0.2) is 0 Å². The first-order valence-electron chi connectivity index (χ1n) is 5.13. The summed E-state index contributed by atoms with van der Waals surface area (Å²) in [6.45, 7) is 5.63. The third-order valence-electron chi connectivity index (χ3n) is 3.06. The Morgan fingerprint density at radius 2 is 2.43 bits per heavy atom. The smallest absolute Gasteiger partial charge is 0.338 e. The Labute approximate surface area is 83.5 Å². The van der Waals surface area contributed by atoms with E-state index in [0.717, 1.165) is 6.42 Å². The van der Waals surface area contributed by atoms with Crippen molar-refractivity contribution in [2.45, 2.75) is 32.0 Å². The number of epoxide rings is 1. The number of esters is 1. The molecular weight excluding hydrogens is 184 g/mol. The van der Waals surface area contributed by atoms with Gasteiger partial charge in [0, 0.05) is 18.9 Å². The molecule has 14 heavy (non-hydrogen) atoms. The Morgan fingerprint density at radius 1 is 1.64 bits per heavy atom. The Hall–Kier alpha value is -0.610. The van der Waals surface area contributed by atoms with Gasteiger partial charge in [-0.3, -0.25) is 0 Å². The van der Waals surface area contributed by atoms with E-state index in [9.17, 15) is 4.79 Å². The molecule has 3 atom stereocenters. The molecule has 0 saturated carbocycles. The van der Waals surface area contributed by atoms with Crippen molar-refractivity contribution in [2.75, 3.05) is 19.8 Å². The largest absolute Gasteiger partial charge is 0.464 e. The summed E-state index contributed by atoms with van der Waals surface area (Å²) in [5.41, 5.74) is -0.273. The van der Waals surface area contributed by atoms with E-state index in [1.165, 1.54) is 0 Å². The monoisotopic (exact) mass is 200 g/mol. The third-order valence-corrected chi connectivity index (χ3v) is 3.06. The Balaban J connectivity index is 1.97. The molecule has 0 N–H and O–H groups in total. The standard InChI is InChI=1S/C10H16O4/c1-3-13-9(11)8-10(14-8)4-5-12-6-7(10)2/h7-8H,3-6H2,1-2H3. The fraction of sp³-hybridized carbons (Fsp3) is 0.900. The maximum absolute atomic E-state index is 11.4.